The number of hydrogen-bond acceptors (Lipinski definition) is 2. The molecule has 0 bridgehead atoms. The number of anilines is 1. The van der Waals surface area contributed by atoms with Gasteiger partial charge in [0.15, 0.2) is 0 Å². The second kappa shape index (κ2) is 6.96. The minimum atomic E-state index is -0.620. The van der Waals surface area contributed by atoms with Gasteiger partial charge in [-0.25, -0.2) is 4.39 Å². The average molecular weight is 273 g/mol. The lowest BCUT2D eigenvalue weighted by Crippen LogP contribution is -2.32. The van der Waals surface area contributed by atoms with Crippen LogP contribution in [-0.2, 0) is 9.59 Å². The standard InChI is InChI=1S/C12H14ClFN2O2/c1-8(13)12(18)15-7-6-11(17)16-10-4-2-9(14)3-5-10/h2-5,8H,6-7H2,1H3,(H,15,18)(H,16,17). The van der Waals surface area contributed by atoms with Gasteiger partial charge >= 0.3 is 0 Å². The predicted octanol–water partition coefficient (Wildman–Crippen LogP) is 1.90. The van der Waals surface area contributed by atoms with Crippen LogP contribution in [0.3, 0.4) is 0 Å². The molecule has 0 heterocycles. The predicted molar refractivity (Wildman–Crippen MR) is 68.0 cm³/mol. The van der Waals surface area contributed by atoms with Crippen LogP contribution >= 0.6 is 11.6 Å². The molecule has 0 aliphatic rings. The number of rotatable bonds is 5. The maximum atomic E-state index is 12.6. The number of alkyl halides is 1. The molecule has 1 rings (SSSR count). The third-order valence-electron chi connectivity index (χ3n) is 2.14. The maximum Gasteiger partial charge on any atom is 0.237 e. The highest BCUT2D eigenvalue weighted by Crippen LogP contribution is 2.08. The van der Waals surface area contributed by atoms with Gasteiger partial charge in [-0.3, -0.25) is 9.59 Å². The molecule has 6 heteroatoms. The molecule has 1 aromatic carbocycles. The number of carbonyl (C=O) groups is 2. The van der Waals surface area contributed by atoms with Gasteiger partial charge in [0.1, 0.15) is 11.2 Å². The van der Waals surface area contributed by atoms with Crippen molar-refractivity contribution in [2.45, 2.75) is 18.7 Å². The molecular formula is C12H14ClFN2O2. The molecule has 18 heavy (non-hydrogen) atoms. The first-order valence-electron chi connectivity index (χ1n) is 5.46. The monoisotopic (exact) mass is 272 g/mol. The van der Waals surface area contributed by atoms with Crippen molar-refractivity contribution < 1.29 is 14.0 Å². The fourth-order valence-corrected chi connectivity index (χ4v) is 1.27. The van der Waals surface area contributed by atoms with Gasteiger partial charge in [0.05, 0.1) is 0 Å². The lowest BCUT2D eigenvalue weighted by molar-refractivity contribution is -0.120. The van der Waals surface area contributed by atoms with Gasteiger partial charge in [0.25, 0.3) is 0 Å². The molecule has 0 saturated heterocycles. The molecule has 2 amide bonds. The summed E-state index contributed by atoms with van der Waals surface area (Å²) in [6, 6.07) is 5.44. The first-order chi connectivity index (χ1) is 8.49. The maximum absolute atomic E-state index is 12.6. The first kappa shape index (κ1) is 14.4. The fourth-order valence-electron chi connectivity index (χ4n) is 1.20. The van der Waals surface area contributed by atoms with Gasteiger partial charge in [-0.05, 0) is 31.2 Å². The largest absolute Gasteiger partial charge is 0.354 e. The molecule has 0 radical (unpaired) electrons. The number of hydrogen-bond donors (Lipinski definition) is 2. The Balaban J connectivity index is 2.30. The van der Waals surface area contributed by atoms with E-state index in [0.29, 0.717) is 5.69 Å². The van der Waals surface area contributed by atoms with Crippen molar-refractivity contribution in [2.24, 2.45) is 0 Å². The normalized spacial score (nSPS) is 11.7. The van der Waals surface area contributed by atoms with Crippen LogP contribution in [0.15, 0.2) is 24.3 Å². The van der Waals surface area contributed by atoms with Crippen molar-refractivity contribution in [1.82, 2.24) is 5.32 Å². The Morgan fingerprint density at radius 2 is 1.94 bits per heavy atom. The van der Waals surface area contributed by atoms with Crippen molar-refractivity contribution in [3.05, 3.63) is 30.1 Å². The van der Waals surface area contributed by atoms with Crippen molar-refractivity contribution in [3.8, 4) is 0 Å². The second-order valence-corrected chi connectivity index (χ2v) is 4.37. The molecule has 0 saturated carbocycles. The van der Waals surface area contributed by atoms with E-state index in [2.05, 4.69) is 10.6 Å². The van der Waals surface area contributed by atoms with E-state index in [1.54, 1.807) is 6.92 Å². The molecule has 98 valence electrons. The van der Waals surface area contributed by atoms with Crippen LogP contribution in [0.1, 0.15) is 13.3 Å². The zero-order valence-electron chi connectivity index (χ0n) is 9.87. The molecule has 1 atom stereocenters. The Labute approximate surface area is 110 Å². The number of benzene rings is 1. The van der Waals surface area contributed by atoms with Crippen molar-refractivity contribution in [2.75, 3.05) is 11.9 Å². The minimum absolute atomic E-state index is 0.132. The molecule has 0 spiro atoms. The van der Waals surface area contributed by atoms with E-state index in [9.17, 15) is 14.0 Å². The van der Waals surface area contributed by atoms with E-state index in [1.165, 1.54) is 24.3 Å². The van der Waals surface area contributed by atoms with Crippen LogP contribution in [-0.4, -0.2) is 23.7 Å². The molecule has 4 nitrogen and oxygen atoms in total. The number of nitrogens with one attached hydrogen (secondary N) is 2. The second-order valence-electron chi connectivity index (χ2n) is 3.71. The Morgan fingerprint density at radius 1 is 1.33 bits per heavy atom. The van der Waals surface area contributed by atoms with Crippen LogP contribution in [0.2, 0.25) is 0 Å². The van der Waals surface area contributed by atoms with Crippen LogP contribution in [0.4, 0.5) is 10.1 Å². The molecule has 1 aromatic rings. The van der Waals surface area contributed by atoms with Crippen LogP contribution in [0, 0.1) is 5.82 Å². The lowest BCUT2D eigenvalue weighted by atomic mass is 10.3. The molecule has 0 aliphatic carbocycles. The summed E-state index contributed by atoms with van der Waals surface area (Å²) in [6.45, 7) is 1.76. The Hall–Kier alpha value is -1.62. The van der Waals surface area contributed by atoms with E-state index in [4.69, 9.17) is 11.6 Å². The number of carbonyl (C=O) groups excluding carboxylic acids is 2. The van der Waals surface area contributed by atoms with E-state index in [1.807, 2.05) is 0 Å². The van der Waals surface area contributed by atoms with Gasteiger partial charge < -0.3 is 10.6 Å². The van der Waals surface area contributed by atoms with Crippen LogP contribution in [0.5, 0.6) is 0 Å². The highest BCUT2D eigenvalue weighted by molar-refractivity contribution is 6.30. The molecule has 0 aliphatic heterocycles. The topological polar surface area (TPSA) is 58.2 Å². The fraction of sp³-hybridized carbons (Fsp3) is 0.333. The molecule has 2 N–H and O–H groups in total. The van der Waals surface area contributed by atoms with E-state index >= 15 is 0 Å². The van der Waals surface area contributed by atoms with Gasteiger partial charge in [0.2, 0.25) is 11.8 Å². The van der Waals surface area contributed by atoms with Crippen LogP contribution in [0.25, 0.3) is 0 Å². The summed E-state index contributed by atoms with van der Waals surface area (Å²) in [4.78, 5) is 22.6. The first-order valence-corrected chi connectivity index (χ1v) is 5.90. The van der Waals surface area contributed by atoms with Gasteiger partial charge in [0, 0.05) is 18.7 Å². The summed E-state index contributed by atoms with van der Waals surface area (Å²) in [6.07, 6.45) is 0.132. The number of halogens is 2. The Morgan fingerprint density at radius 3 is 2.50 bits per heavy atom. The zero-order chi connectivity index (χ0) is 13.5. The third-order valence-corrected chi connectivity index (χ3v) is 2.34. The molecule has 0 aromatic heterocycles. The highest BCUT2D eigenvalue weighted by Gasteiger charge is 2.09. The quantitative estimate of drug-likeness (QED) is 0.805. The smallest absolute Gasteiger partial charge is 0.237 e. The summed E-state index contributed by atoms with van der Waals surface area (Å²) in [7, 11) is 0. The zero-order valence-corrected chi connectivity index (χ0v) is 10.6. The summed E-state index contributed by atoms with van der Waals surface area (Å²) in [5.41, 5.74) is 0.512. The lowest BCUT2D eigenvalue weighted by Gasteiger charge is -2.07. The SMILES string of the molecule is CC(Cl)C(=O)NCCC(=O)Nc1ccc(F)cc1. The number of amides is 2. The third kappa shape index (κ3) is 5.14. The van der Waals surface area contributed by atoms with Crippen LogP contribution < -0.4 is 10.6 Å². The Bertz CT molecular complexity index is 421. The van der Waals surface area contributed by atoms with Gasteiger partial charge in [-0.1, -0.05) is 0 Å². The molecule has 1 unspecified atom stereocenters. The molecule has 0 fully saturated rings. The highest BCUT2D eigenvalue weighted by atomic mass is 35.5. The van der Waals surface area contributed by atoms with E-state index in [-0.39, 0.29) is 30.6 Å². The average Bonchev–Trinajstić information content (AvgIpc) is 2.32. The summed E-state index contributed by atoms with van der Waals surface area (Å²) in [5, 5.41) is 4.48. The van der Waals surface area contributed by atoms with Crippen molar-refractivity contribution in [3.63, 3.8) is 0 Å². The van der Waals surface area contributed by atoms with Crippen molar-refractivity contribution in [1.29, 1.82) is 0 Å². The van der Waals surface area contributed by atoms with E-state index in [0.717, 1.165) is 0 Å². The summed E-state index contributed by atoms with van der Waals surface area (Å²) < 4.78 is 12.6. The minimum Gasteiger partial charge on any atom is -0.354 e. The summed E-state index contributed by atoms with van der Waals surface area (Å²) in [5.74, 6) is -0.938. The van der Waals surface area contributed by atoms with Gasteiger partial charge in [-0.2, -0.15) is 0 Å². The van der Waals surface area contributed by atoms with Crippen molar-refractivity contribution >= 4 is 29.1 Å². The van der Waals surface area contributed by atoms with Gasteiger partial charge in [-0.15, -0.1) is 11.6 Å². The summed E-state index contributed by atoms with van der Waals surface area (Å²) >= 11 is 5.54. The van der Waals surface area contributed by atoms with E-state index < -0.39 is 5.38 Å². The molecular weight excluding hydrogens is 259 g/mol. The Kier molecular flexibility index (Phi) is 5.58.